The highest BCUT2D eigenvalue weighted by Gasteiger charge is 2.26. The van der Waals surface area contributed by atoms with Gasteiger partial charge in [-0.3, -0.25) is 9.69 Å². The molecule has 7 nitrogen and oxygen atoms in total. The summed E-state index contributed by atoms with van der Waals surface area (Å²) >= 11 is 0. The van der Waals surface area contributed by atoms with Gasteiger partial charge in [0.25, 0.3) is 0 Å². The summed E-state index contributed by atoms with van der Waals surface area (Å²) in [6.45, 7) is 0. The van der Waals surface area contributed by atoms with E-state index < -0.39 is 24.1 Å². The summed E-state index contributed by atoms with van der Waals surface area (Å²) in [6.07, 6.45) is -2.02. The molecule has 0 aliphatic carbocycles. The molecular formula is C7H11NO6. The quantitative estimate of drug-likeness (QED) is 0.577. The Morgan fingerprint density at radius 2 is 1.71 bits per heavy atom. The van der Waals surface area contributed by atoms with E-state index in [1.165, 1.54) is 0 Å². The number of likely N-dealkylation sites (N-methyl/N-ethyl adjacent to an activating group) is 1. The van der Waals surface area contributed by atoms with Crippen LogP contribution in [0.4, 0.5) is 4.79 Å². The van der Waals surface area contributed by atoms with Gasteiger partial charge in [-0.25, -0.2) is 9.59 Å². The molecule has 0 aromatic heterocycles. The van der Waals surface area contributed by atoms with E-state index in [1.807, 2.05) is 0 Å². The Kier molecular flexibility index (Phi) is 4.41. The van der Waals surface area contributed by atoms with Crippen molar-refractivity contribution in [3.8, 4) is 0 Å². The van der Waals surface area contributed by atoms with Crippen LogP contribution in [0.15, 0.2) is 0 Å². The van der Waals surface area contributed by atoms with Gasteiger partial charge in [-0.15, -0.1) is 0 Å². The summed E-state index contributed by atoms with van der Waals surface area (Å²) < 4.78 is 0. The maximum Gasteiger partial charge on any atom is 0.407 e. The van der Waals surface area contributed by atoms with E-state index in [9.17, 15) is 14.4 Å². The summed E-state index contributed by atoms with van der Waals surface area (Å²) in [5.41, 5.74) is 0. The lowest BCUT2D eigenvalue weighted by Crippen LogP contribution is -2.41. The third-order valence-corrected chi connectivity index (χ3v) is 1.69. The highest BCUT2D eigenvalue weighted by Crippen LogP contribution is 2.05. The number of amides is 1. The Morgan fingerprint density at radius 1 is 1.21 bits per heavy atom. The molecule has 0 bridgehead atoms. The molecule has 0 spiro atoms. The Labute approximate surface area is 79.6 Å². The molecule has 0 aliphatic rings. The van der Waals surface area contributed by atoms with Crippen LogP contribution in [0.5, 0.6) is 0 Å². The largest absolute Gasteiger partial charge is 0.481 e. The molecule has 0 aliphatic heterocycles. The standard InChI is InChI=1S/C7H11NO6/c1-8(7(13)14)4(6(11)12)2-3-5(9)10/h4H,2-3H2,1H3,(H,9,10)(H,11,12)(H,13,14). The van der Waals surface area contributed by atoms with Crippen LogP contribution in [0.2, 0.25) is 0 Å². The van der Waals surface area contributed by atoms with Crippen LogP contribution >= 0.6 is 0 Å². The molecule has 0 saturated carbocycles. The lowest BCUT2D eigenvalue weighted by atomic mass is 10.1. The number of carboxylic acids is 2. The Balaban J connectivity index is 4.37. The molecule has 1 atom stereocenters. The summed E-state index contributed by atoms with van der Waals surface area (Å²) in [4.78, 5) is 31.7. The number of hydrogen-bond acceptors (Lipinski definition) is 3. The van der Waals surface area contributed by atoms with Gasteiger partial charge in [0.05, 0.1) is 0 Å². The third kappa shape index (κ3) is 3.74. The summed E-state index contributed by atoms with van der Waals surface area (Å²) in [5.74, 6) is -2.51. The van der Waals surface area contributed by atoms with E-state index in [-0.39, 0.29) is 12.8 Å². The fraction of sp³-hybridized carbons (Fsp3) is 0.571. The molecular weight excluding hydrogens is 194 g/mol. The van der Waals surface area contributed by atoms with Gasteiger partial charge in [-0.2, -0.15) is 0 Å². The van der Waals surface area contributed by atoms with Crippen molar-refractivity contribution in [1.29, 1.82) is 0 Å². The topological polar surface area (TPSA) is 115 Å². The molecule has 3 N–H and O–H groups in total. The van der Waals surface area contributed by atoms with E-state index in [0.717, 1.165) is 7.05 Å². The average Bonchev–Trinajstić information content (AvgIpc) is 2.02. The molecule has 0 saturated heterocycles. The number of aliphatic carboxylic acids is 2. The zero-order valence-corrected chi connectivity index (χ0v) is 7.51. The summed E-state index contributed by atoms with van der Waals surface area (Å²) in [5, 5.41) is 25.4. The highest BCUT2D eigenvalue weighted by molar-refractivity contribution is 5.79. The molecule has 0 rings (SSSR count). The van der Waals surface area contributed by atoms with E-state index in [4.69, 9.17) is 15.3 Å². The molecule has 1 amide bonds. The molecule has 0 fully saturated rings. The van der Waals surface area contributed by atoms with Gasteiger partial charge >= 0.3 is 18.0 Å². The zero-order valence-electron chi connectivity index (χ0n) is 7.51. The van der Waals surface area contributed by atoms with Crippen molar-refractivity contribution in [3.63, 3.8) is 0 Å². The van der Waals surface area contributed by atoms with Crippen LogP contribution < -0.4 is 0 Å². The van der Waals surface area contributed by atoms with Crippen LogP contribution in [0.3, 0.4) is 0 Å². The Bertz CT molecular complexity index is 251. The van der Waals surface area contributed by atoms with Gasteiger partial charge < -0.3 is 15.3 Å². The van der Waals surface area contributed by atoms with Gasteiger partial charge in [0.1, 0.15) is 6.04 Å². The van der Waals surface area contributed by atoms with Crippen molar-refractivity contribution >= 4 is 18.0 Å². The normalized spacial score (nSPS) is 11.8. The molecule has 0 aromatic carbocycles. The van der Waals surface area contributed by atoms with Crippen molar-refractivity contribution in [3.05, 3.63) is 0 Å². The fourth-order valence-corrected chi connectivity index (χ4v) is 0.876. The van der Waals surface area contributed by atoms with Crippen molar-refractivity contribution in [2.75, 3.05) is 7.05 Å². The number of carbonyl (C=O) groups is 3. The van der Waals surface area contributed by atoms with Crippen LogP contribution in [0, 0.1) is 0 Å². The van der Waals surface area contributed by atoms with Crippen LogP contribution in [-0.2, 0) is 9.59 Å². The number of hydrogen-bond donors (Lipinski definition) is 3. The van der Waals surface area contributed by atoms with Crippen LogP contribution in [0.25, 0.3) is 0 Å². The van der Waals surface area contributed by atoms with Gasteiger partial charge in [-0.05, 0) is 6.42 Å². The summed E-state index contributed by atoms with van der Waals surface area (Å²) in [7, 11) is 1.09. The first kappa shape index (κ1) is 12.2. The smallest absolute Gasteiger partial charge is 0.407 e. The maximum atomic E-state index is 10.6. The van der Waals surface area contributed by atoms with Gasteiger partial charge in [0.15, 0.2) is 0 Å². The lowest BCUT2D eigenvalue weighted by Gasteiger charge is -2.20. The predicted molar refractivity (Wildman–Crippen MR) is 44.1 cm³/mol. The van der Waals surface area contributed by atoms with Crippen molar-refractivity contribution in [2.45, 2.75) is 18.9 Å². The fourth-order valence-electron chi connectivity index (χ4n) is 0.876. The lowest BCUT2D eigenvalue weighted by molar-refractivity contribution is -0.143. The number of carboxylic acid groups (broad SMARTS) is 3. The van der Waals surface area contributed by atoms with Gasteiger partial charge in [0.2, 0.25) is 0 Å². The number of nitrogens with zero attached hydrogens (tertiary/aromatic N) is 1. The second kappa shape index (κ2) is 5.05. The molecule has 1 unspecified atom stereocenters. The minimum absolute atomic E-state index is 0.243. The first-order valence-corrected chi connectivity index (χ1v) is 3.76. The summed E-state index contributed by atoms with van der Waals surface area (Å²) in [6, 6.07) is -1.32. The van der Waals surface area contributed by atoms with E-state index in [2.05, 4.69) is 0 Å². The zero-order chi connectivity index (χ0) is 11.3. The Morgan fingerprint density at radius 3 is 2.00 bits per heavy atom. The highest BCUT2D eigenvalue weighted by atomic mass is 16.4. The van der Waals surface area contributed by atoms with Gasteiger partial charge in [0, 0.05) is 13.5 Å². The first-order chi connectivity index (χ1) is 6.36. The van der Waals surface area contributed by atoms with Crippen molar-refractivity contribution in [2.24, 2.45) is 0 Å². The second-order valence-electron chi connectivity index (χ2n) is 2.68. The van der Waals surface area contributed by atoms with Gasteiger partial charge in [-0.1, -0.05) is 0 Å². The minimum Gasteiger partial charge on any atom is -0.481 e. The van der Waals surface area contributed by atoms with E-state index in [1.54, 1.807) is 0 Å². The SMILES string of the molecule is CN(C(=O)O)C(CCC(=O)O)C(=O)O. The number of rotatable bonds is 5. The van der Waals surface area contributed by atoms with E-state index in [0.29, 0.717) is 4.90 Å². The van der Waals surface area contributed by atoms with Crippen LogP contribution in [-0.4, -0.2) is 51.3 Å². The Hall–Kier alpha value is -1.79. The maximum absolute atomic E-state index is 10.6. The molecule has 80 valence electrons. The van der Waals surface area contributed by atoms with Crippen molar-refractivity contribution < 1.29 is 29.7 Å². The molecule has 0 heterocycles. The molecule has 14 heavy (non-hydrogen) atoms. The predicted octanol–water partition coefficient (Wildman–Crippen LogP) is -0.0858. The van der Waals surface area contributed by atoms with Crippen LogP contribution in [0.1, 0.15) is 12.8 Å². The molecule has 0 radical (unpaired) electrons. The molecule has 0 aromatic rings. The third-order valence-electron chi connectivity index (χ3n) is 1.69. The minimum atomic E-state index is -1.40. The average molecular weight is 205 g/mol. The first-order valence-electron chi connectivity index (χ1n) is 3.76. The monoisotopic (exact) mass is 205 g/mol. The molecule has 7 heteroatoms. The second-order valence-corrected chi connectivity index (χ2v) is 2.68. The van der Waals surface area contributed by atoms with E-state index >= 15 is 0 Å². The van der Waals surface area contributed by atoms with Crippen molar-refractivity contribution in [1.82, 2.24) is 4.90 Å².